The fourth-order valence-electron chi connectivity index (χ4n) is 2.15. The number of benzene rings is 1. The number of carbonyl (C=O) groups is 1. The topological polar surface area (TPSA) is 84.6 Å². The van der Waals surface area contributed by atoms with E-state index in [1.165, 1.54) is 0 Å². The highest BCUT2D eigenvalue weighted by Crippen LogP contribution is 2.24. The van der Waals surface area contributed by atoms with Crippen LogP contribution in [0.1, 0.15) is 28.8 Å². The first-order valence-corrected chi connectivity index (χ1v) is 6.05. The summed E-state index contributed by atoms with van der Waals surface area (Å²) in [6.07, 6.45) is 2.06. The van der Waals surface area contributed by atoms with Gasteiger partial charge < -0.3 is 20.9 Å². The SMILES string of the molecule is Cc1cc(NC2CCCOC2)cc(C(=O)O)c1N. The summed E-state index contributed by atoms with van der Waals surface area (Å²) in [6, 6.07) is 3.69. The fraction of sp³-hybridized carbons (Fsp3) is 0.462. The summed E-state index contributed by atoms with van der Waals surface area (Å²) < 4.78 is 5.38. The first-order chi connectivity index (χ1) is 8.58. The standard InChI is InChI=1S/C13H18N2O3/c1-8-5-10(6-11(12(8)14)13(16)17)15-9-3-2-4-18-7-9/h5-6,9,15H,2-4,7,14H2,1H3,(H,16,17). The lowest BCUT2D eigenvalue weighted by molar-refractivity contribution is 0.0698. The van der Waals surface area contributed by atoms with Crippen LogP contribution in [0.25, 0.3) is 0 Å². The van der Waals surface area contributed by atoms with E-state index in [-0.39, 0.29) is 11.6 Å². The molecule has 0 saturated carbocycles. The zero-order valence-corrected chi connectivity index (χ0v) is 10.4. The molecule has 0 spiro atoms. The van der Waals surface area contributed by atoms with Gasteiger partial charge in [-0.2, -0.15) is 0 Å². The van der Waals surface area contributed by atoms with Gasteiger partial charge in [0.1, 0.15) is 0 Å². The van der Waals surface area contributed by atoms with E-state index in [2.05, 4.69) is 5.32 Å². The fourth-order valence-corrected chi connectivity index (χ4v) is 2.15. The van der Waals surface area contributed by atoms with Crippen LogP contribution in [0, 0.1) is 6.92 Å². The van der Waals surface area contributed by atoms with E-state index in [9.17, 15) is 4.79 Å². The predicted molar refractivity (Wildman–Crippen MR) is 70.0 cm³/mol. The number of hydrogen-bond donors (Lipinski definition) is 3. The number of carboxylic acids is 1. The molecular weight excluding hydrogens is 232 g/mol. The quantitative estimate of drug-likeness (QED) is 0.713. The summed E-state index contributed by atoms with van der Waals surface area (Å²) in [5.41, 5.74) is 7.79. The highest BCUT2D eigenvalue weighted by molar-refractivity contribution is 5.95. The molecule has 18 heavy (non-hydrogen) atoms. The number of nitrogens with two attached hydrogens (primary N) is 1. The molecule has 0 bridgehead atoms. The summed E-state index contributed by atoms with van der Waals surface area (Å²) in [5, 5.41) is 12.4. The average Bonchev–Trinajstić information content (AvgIpc) is 2.34. The minimum atomic E-state index is -1.00. The number of ether oxygens (including phenoxy) is 1. The molecule has 4 N–H and O–H groups in total. The molecule has 0 amide bonds. The molecule has 1 aliphatic rings. The van der Waals surface area contributed by atoms with Gasteiger partial charge in [-0.1, -0.05) is 0 Å². The molecule has 0 aliphatic carbocycles. The third kappa shape index (κ3) is 2.73. The van der Waals surface area contributed by atoms with Crippen LogP contribution in [0.2, 0.25) is 0 Å². The maximum Gasteiger partial charge on any atom is 0.337 e. The Morgan fingerprint density at radius 1 is 1.56 bits per heavy atom. The molecule has 1 fully saturated rings. The Labute approximate surface area is 106 Å². The first kappa shape index (κ1) is 12.7. The Balaban J connectivity index is 2.20. The second kappa shape index (κ2) is 5.27. The normalized spacial score (nSPS) is 19.5. The van der Waals surface area contributed by atoms with Crippen molar-refractivity contribution in [2.45, 2.75) is 25.8 Å². The molecule has 1 unspecified atom stereocenters. The van der Waals surface area contributed by atoms with Crippen molar-refractivity contribution in [2.24, 2.45) is 0 Å². The van der Waals surface area contributed by atoms with Crippen molar-refractivity contribution >= 4 is 17.3 Å². The van der Waals surface area contributed by atoms with Crippen LogP contribution >= 0.6 is 0 Å². The number of nitrogens with one attached hydrogen (secondary N) is 1. The van der Waals surface area contributed by atoms with Crippen molar-refractivity contribution in [2.75, 3.05) is 24.3 Å². The van der Waals surface area contributed by atoms with Crippen molar-refractivity contribution < 1.29 is 14.6 Å². The molecule has 5 nitrogen and oxygen atoms in total. The minimum absolute atomic E-state index is 0.147. The number of aryl methyl sites for hydroxylation is 1. The summed E-state index contributed by atoms with van der Waals surface area (Å²) in [4.78, 5) is 11.1. The van der Waals surface area contributed by atoms with Crippen molar-refractivity contribution in [3.63, 3.8) is 0 Å². The van der Waals surface area contributed by atoms with Crippen molar-refractivity contribution in [3.8, 4) is 0 Å². The summed E-state index contributed by atoms with van der Waals surface area (Å²) in [6.45, 7) is 3.27. The lowest BCUT2D eigenvalue weighted by atomic mass is 10.1. The monoisotopic (exact) mass is 250 g/mol. The molecular formula is C13H18N2O3. The Kier molecular flexibility index (Phi) is 3.72. The van der Waals surface area contributed by atoms with Crippen molar-refractivity contribution in [1.82, 2.24) is 0 Å². The molecule has 5 heteroatoms. The molecule has 0 aromatic heterocycles. The summed E-state index contributed by atoms with van der Waals surface area (Å²) in [7, 11) is 0. The van der Waals surface area contributed by atoms with Gasteiger partial charge in [-0.25, -0.2) is 4.79 Å². The van der Waals surface area contributed by atoms with Crippen LogP contribution in [0.3, 0.4) is 0 Å². The van der Waals surface area contributed by atoms with Crippen LogP contribution in [0.5, 0.6) is 0 Å². The predicted octanol–water partition coefficient (Wildman–Crippen LogP) is 1.87. The third-order valence-corrected chi connectivity index (χ3v) is 3.15. The molecule has 1 aromatic carbocycles. The number of aromatic carboxylic acids is 1. The molecule has 0 radical (unpaired) electrons. The Morgan fingerprint density at radius 2 is 2.33 bits per heavy atom. The minimum Gasteiger partial charge on any atom is -0.478 e. The number of carboxylic acid groups (broad SMARTS) is 1. The van der Waals surface area contributed by atoms with Crippen LogP contribution in [0.15, 0.2) is 12.1 Å². The Morgan fingerprint density at radius 3 is 2.94 bits per heavy atom. The van der Waals surface area contributed by atoms with Gasteiger partial charge in [0.25, 0.3) is 0 Å². The first-order valence-electron chi connectivity index (χ1n) is 6.05. The maximum absolute atomic E-state index is 11.1. The van der Waals surface area contributed by atoms with E-state index in [1.807, 2.05) is 13.0 Å². The molecule has 1 atom stereocenters. The van der Waals surface area contributed by atoms with Gasteiger partial charge >= 0.3 is 5.97 Å². The van der Waals surface area contributed by atoms with Crippen LogP contribution < -0.4 is 11.1 Å². The number of anilines is 2. The van der Waals surface area contributed by atoms with Gasteiger partial charge in [0, 0.05) is 24.0 Å². The van der Waals surface area contributed by atoms with E-state index in [1.54, 1.807) is 6.07 Å². The lowest BCUT2D eigenvalue weighted by Crippen LogP contribution is -2.30. The Bertz CT molecular complexity index is 454. The zero-order valence-electron chi connectivity index (χ0n) is 10.4. The molecule has 2 rings (SSSR count). The van der Waals surface area contributed by atoms with Crippen molar-refractivity contribution in [3.05, 3.63) is 23.3 Å². The maximum atomic E-state index is 11.1. The molecule has 1 aliphatic heterocycles. The zero-order chi connectivity index (χ0) is 13.1. The van der Waals surface area contributed by atoms with E-state index >= 15 is 0 Å². The highest BCUT2D eigenvalue weighted by Gasteiger charge is 2.16. The molecule has 1 aromatic rings. The average molecular weight is 250 g/mol. The van der Waals surface area contributed by atoms with E-state index in [0.717, 1.165) is 30.7 Å². The van der Waals surface area contributed by atoms with E-state index in [0.29, 0.717) is 12.3 Å². The third-order valence-electron chi connectivity index (χ3n) is 3.15. The van der Waals surface area contributed by atoms with Crippen LogP contribution in [0.4, 0.5) is 11.4 Å². The van der Waals surface area contributed by atoms with Gasteiger partial charge in [-0.3, -0.25) is 0 Å². The van der Waals surface area contributed by atoms with Gasteiger partial charge in [-0.05, 0) is 37.5 Å². The van der Waals surface area contributed by atoms with E-state index in [4.69, 9.17) is 15.6 Å². The van der Waals surface area contributed by atoms with Gasteiger partial charge in [0.15, 0.2) is 0 Å². The molecule has 1 saturated heterocycles. The second-order valence-corrected chi connectivity index (χ2v) is 4.62. The Hall–Kier alpha value is -1.75. The number of rotatable bonds is 3. The number of hydrogen-bond acceptors (Lipinski definition) is 4. The van der Waals surface area contributed by atoms with Gasteiger partial charge in [0.2, 0.25) is 0 Å². The number of nitrogen functional groups attached to an aromatic ring is 1. The van der Waals surface area contributed by atoms with Crippen LogP contribution in [-0.2, 0) is 4.74 Å². The second-order valence-electron chi connectivity index (χ2n) is 4.62. The smallest absolute Gasteiger partial charge is 0.337 e. The lowest BCUT2D eigenvalue weighted by Gasteiger charge is -2.24. The van der Waals surface area contributed by atoms with Gasteiger partial charge in [-0.15, -0.1) is 0 Å². The summed E-state index contributed by atoms with van der Waals surface area (Å²) in [5.74, 6) is -1.00. The molecule has 1 heterocycles. The molecule has 98 valence electrons. The van der Waals surface area contributed by atoms with Gasteiger partial charge in [0.05, 0.1) is 12.2 Å². The van der Waals surface area contributed by atoms with Crippen molar-refractivity contribution in [1.29, 1.82) is 0 Å². The highest BCUT2D eigenvalue weighted by atomic mass is 16.5. The van der Waals surface area contributed by atoms with E-state index < -0.39 is 5.97 Å². The summed E-state index contributed by atoms with van der Waals surface area (Å²) >= 11 is 0. The van der Waals surface area contributed by atoms with Crippen LogP contribution in [-0.4, -0.2) is 30.3 Å². The largest absolute Gasteiger partial charge is 0.478 e.